The zero-order valence-electron chi connectivity index (χ0n) is 14.9. The molecule has 0 amide bonds. The van der Waals surface area contributed by atoms with Crippen LogP contribution in [0.5, 0.6) is 0 Å². The highest BCUT2D eigenvalue weighted by Gasteiger charge is 2.49. The van der Waals surface area contributed by atoms with E-state index in [1.165, 1.54) is 11.1 Å². The van der Waals surface area contributed by atoms with Crippen LogP contribution < -0.4 is 0 Å². The molecule has 1 aromatic heterocycles. The van der Waals surface area contributed by atoms with E-state index >= 15 is 0 Å². The fraction of sp³-hybridized carbons (Fsp3) is 0.650. The van der Waals surface area contributed by atoms with Gasteiger partial charge < -0.3 is 9.15 Å². The molecule has 0 radical (unpaired) electrons. The van der Waals surface area contributed by atoms with E-state index in [2.05, 4.69) is 20.8 Å². The summed E-state index contributed by atoms with van der Waals surface area (Å²) in [6, 6.07) is 0. The van der Waals surface area contributed by atoms with Crippen LogP contribution >= 0.6 is 0 Å². The molecule has 3 rings (SSSR count). The first-order valence-electron chi connectivity index (χ1n) is 8.75. The number of esters is 1. The summed E-state index contributed by atoms with van der Waals surface area (Å²) in [5.41, 5.74) is 3.67. The smallest absolute Gasteiger partial charge is 0.333 e. The highest BCUT2D eigenvalue weighted by Crippen LogP contribution is 2.53. The third-order valence-corrected chi connectivity index (χ3v) is 6.43. The van der Waals surface area contributed by atoms with Gasteiger partial charge in [0, 0.05) is 12.0 Å². The van der Waals surface area contributed by atoms with E-state index in [0.29, 0.717) is 17.4 Å². The molecule has 1 aromatic rings. The highest BCUT2D eigenvalue weighted by molar-refractivity contribution is 5.87. The summed E-state index contributed by atoms with van der Waals surface area (Å²) >= 11 is 0. The van der Waals surface area contributed by atoms with Crippen molar-refractivity contribution in [2.75, 3.05) is 0 Å². The number of allylic oxidation sites excluding steroid dienone is 1. The van der Waals surface area contributed by atoms with Gasteiger partial charge in [0.1, 0.15) is 11.9 Å². The zero-order valence-corrected chi connectivity index (χ0v) is 14.9. The van der Waals surface area contributed by atoms with Gasteiger partial charge in [0.15, 0.2) is 0 Å². The number of ether oxygens (including phenoxy) is 1. The molecule has 2 aliphatic carbocycles. The predicted octanol–water partition coefficient (Wildman–Crippen LogP) is 4.62. The lowest BCUT2D eigenvalue weighted by Gasteiger charge is -2.51. The van der Waals surface area contributed by atoms with Gasteiger partial charge in [0.05, 0.1) is 6.26 Å². The molecule has 23 heavy (non-hydrogen) atoms. The van der Waals surface area contributed by atoms with Crippen molar-refractivity contribution in [3.8, 4) is 0 Å². The Bertz CT molecular complexity index is 639. The second-order valence-electron chi connectivity index (χ2n) is 7.78. The Morgan fingerprint density at radius 2 is 2.17 bits per heavy atom. The van der Waals surface area contributed by atoms with Crippen LogP contribution in [0.25, 0.3) is 0 Å². The molecule has 126 valence electrons. The van der Waals surface area contributed by atoms with Gasteiger partial charge in [-0.15, -0.1) is 0 Å². The molecule has 1 saturated carbocycles. The number of hydrogen-bond acceptors (Lipinski definition) is 3. The quantitative estimate of drug-likeness (QED) is 0.590. The van der Waals surface area contributed by atoms with Gasteiger partial charge >= 0.3 is 5.97 Å². The minimum absolute atomic E-state index is 0.0306. The predicted molar refractivity (Wildman–Crippen MR) is 90.2 cm³/mol. The molecule has 0 saturated heterocycles. The largest absolute Gasteiger partial charge is 0.469 e. The Morgan fingerprint density at radius 1 is 1.43 bits per heavy atom. The van der Waals surface area contributed by atoms with E-state index in [1.807, 2.05) is 26.2 Å². The van der Waals surface area contributed by atoms with Crippen LogP contribution in [0.3, 0.4) is 0 Å². The molecule has 0 aromatic carbocycles. The molecule has 0 N–H and O–H groups in total. The summed E-state index contributed by atoms with van der Waals surface area (Å²) in [5, 5.41) is 0. The van der Waals surface area contributed by atoms with Crippen LogP contribution in [0.4, 0.5) is 0 Å². The van der Waals surface area contributed by atoms with E-state index in [1.54, 1.807) is 0 Å². The number of aryl methyl sites for hydroxylation is 1. The second kappa shape index (κ2) is 5.85. The average Bonchev–Trinajstić information content (AvgIpc) is 2.86. The van der Waals surface area contributed by atoms with E-state index in [4.69, 9.17) is 9.15 Å². The van der Waals surface area contributed by atoms with Crippen molar-refractivity contribution >= 4 is 5.97 Å². The van der Waals surface area contributed by atoms with Gasteiger partial charge in [-0.2, -0.15) is 0 Å². The number of rotatable bonds is 2. The molecule has 3 nitrogen and oxygen atoms in total. The normalized spacial score (nSPS) is 33.8. The Labute approximate surface area is 139 Å². The topological polar surface area (TPSA) is 39.4 Å². The molecule has 1 fully saturated rings. The van der Waals surface area contributed by atoms with Crippen molar-refractivity contribution in [3.05, 3.63) is 34.8 Å². The van der Waals surface area contributed by atoms with Crippen molar-refractivity contribution < 1.29 is 13.9 Å². The van der Waals surface area contributed by atoms with Crippen molar-refractivity contribution in [1.29, 1.82) is 0 Å². The molecule has 3 heteroatoms. The fourth-order valence-corrected chi connectivity index (χ4v) is 4.38. The maximum Gasteiger partial charge on any atom is 0.333 e. The molecule has 0 aliphatic heterocycles. The molecule has 4 unspecified atom stereocenters. The minimum Gasteiger partial charge on any atom is -0.469 e. The second-order valence-corrected chi connectivity index (χ2v) is 7.78. The van der Waals surface area contributed by atoms with Crippen LogP contribution in [0.2, 0.25) is 0 Å². The fourth-order valence-electron chi connectivity index (χ4n) is 4.38. The third kappa shape index (κ3) is 2.75. The summed E-state index contributed by atoms with van der Waals surface area (Å²) in [7, 11) is 0. The van der Waals surface area contributed by atoms with Gasteiger partial charge in [-0.1, -0.05) is 19.9 Å². The Kier molecular flexibility index (Phi) is 4.16. The summed E-state index contributed by atoms with van der Waals surface area (Å²) in [4.78, 5) is 12.1. The molecule has 4 atom stereocenters. The highest BCUT2D eigenvalue weighted by atomic mass is 16.5. The monoisotopic (exact) mass is 316 g/mol. The first-order chi connectivity index (χ1) is 10.8. The van der Waals surface area contributed by atoms with Crippen LogP contribution in [0, 0.1) is 24.2 Å². The van der Waals surface area contributed by atoms with E-state index < -0.39 is 0 Å². The molecule has 2 aliphatic rings. The Hall–Kier alpha value is -1.51. The van der Waals surface area contributed by atoms with Gasteiger partial charge in [0.25, 0.3) is 0 Å². The lowest BCUT2D eigenvalue weighted by atomic mass is 9.55. The first kappa shape index (κ1) is 16.4. The zero-order chi connectivity index (χ0) is 16.8. The summed E-state index contributed by atoms with van der Waals surface area (Å²) in [6.07, 6.45) is 7.71. The standard InChI is InChI=1S/C20H28O3/c1-6-12(2)19(21)23-16-7-14(4)20(5)10-17-13(3)11-22-18(17)9-15(20)8-16/h6,11,14-16H,7-10H2,1-5H3. The van der Waals surface area contributed by atoms with Gasteiger partial charge in [0.2, 0.25) is 0 Å². The lowest BCUT2D eigenvalue weighted by molar-refractivity contribution is -0.151. The molecule has 1 heterocycles. The average molecular weight is 316 g/mol. The van der Waals surface area contributed by atoms with Crippen molar-refractivity contribution in [2.24, 2.45) is 17.3 Å². The van der Waals surface area contributed by atoms with E-state index in [9.17, 15) is 4.79 Å². The van der Waals surface area contributed by atoms with Crippen LogP contribution in [0.15, 0.2) is 22.3 Å². The summed E-state index contributed by atoms with van der Waals surface area (Å²) in [6.45, 7) is 10.6. The summed E-state index contributed by atoms with van der Waals surface area (Å²) in [5.74, 6) is 2.04. The number of fused-ring (bicyclic) bond motifs is 2. The van der Waals surface area contributed by atoms with Crippen molar-refractivity contribution in [2.45, 2.75) is 66.4 Å². The van der Waals surface area contributed by atoms with Crippen molar-refractivity contribution in [3.63, 3.8) is 0 Å². The SMILES string of the molecule is CC=C(C)C(=O)OC1CC(C)C2(C)Cc3c(C)coc3CC2C1. The third-order valence-electron chi connectivity index (χ3n) is 6.43. The maximum atomic E-state index is 12.1. The minimum atomic E-state index is -0.168. The lowest BCUT2D eigenvalue weighted by Crippen LogP contribution is -2.48. The van der Waals surface area contributed by atoms with Gasteiger partial charge in [-0.05, 0) is 68.4 Å². The van der Waals surface area contributed by atoms with Gasteiger partial charge in [-0.3, -0.25) is 0 Å². The van der Waals surface area contributed by atoms with E-state index in [-0.39, 0.29) is 17.5 Å². The van der Waals surface area contributed by atoms with E-state index in [0.717, 1.165) is 31.4 Å². The van der Waals surface area contributed by atoms with Crippen LogP contribution in [-0.2, 0) is 22.4 Å². The summed E-state index contributed by atoms with van der Waals surface area (Å²) < 4.78 is 11.5. The number of furan rings is 1. The van der Waals surface area contributed by atoms with Crippen LogP contribution in [0.1, 0.15) is 57.4 Å². The number of carbonyl (C=O) groups excluding carboxylic acids is 1. The van der Waals surface area contributed by atoms with Crippen molar-refractivity contribution in [1.82, 2.24) is 0 Å². The first-order valence-corrected chi connectivity index (χ1v) is 8.75. The van der Waals surface area contributed by atoms with Crippen LogP contribution in [-0.4, -0.2) is 12.1 Å². The maximum absolute atomic E-state index is 12.1. The number of hydrogen-bond donors (Lipinski definition) is 0. The molecular weight excluding hydrogens is 288 g/mol. The van der Waals surface area contributed by atoms with Gasteiger partial charge in [-0.25, -0.2) is 4.79 Å². The Balaban J connectivity index is 1.79. The molecule has 0 bridgehead atoms. The molecule has 0 spiro atoms. The Morgan fingerprint density at radius 3 is 2.87 bits per heavy atom. The number of carbonyl (C=O) groups is 1. The molecular formula is C20H28O3.